The van der Waals surface area contributed by atoms with Gasteiger partial charge < -0.3 is 0 Å². The van der Waals surface area contributed by atoms with Gasteiger partial charge in [-0.25, -0.2) is 0 Å². The summed E-state index contributed by atoms with van der Waals surface area (Å²) in [7, 11) is 0. The molecule has 0 aromatic carbocycles. The maximum absolute atomic E-state index is 4.48. The second-order valence-electron chi connectivity index (χ2n) is 5.45. The Bertz CT molecular complexity index is 347. The van der Waals surface area contributed by atoms with Crippen LogP contribution in [0.5, 0.6) is 0 Å². The average molecular weight is 189 g/mol. The van der Waals surface area contributed by atoms with Gasteiger partial charge in [0.25, 0.3) is 0 Å². The molecule has 0 fully saturated rings. The van der Waals surface area contributed by atoms with Gasteiger partial charge in [0.15, 0.2) is 0 Å². The third kappa shape index (κ3) is 1.45. The smallest absolute Gasteiger partial charge is 0.0441 e. The Kier molecular flexibility index (Phi) is 2.13. The van der Waals surface area contributed by atoms with Crippen LogP contribution in [0.4, 0.5) is 0 Å². The molecule has 0 N–H and O–H groups in total. The van der Waals surface area contributed by atoms with Crippen LogP contribution < -0.4 is 0 Å². The van der Waals surface area contributed by atoms with Crippen LogP contribution in [0.15, 0.2) is 12.3 Å². The molecule has 1 nitrogen and oxygen atoms in total. The highest BCUT2D eigenvalue weighted by Gasteiger charge is 2.33. The molecule has 0 aliphatic heterocycles. The molecule has 1 heterocycles. The van der Waals surface area contributed by atoms with Crippen molar-refractivity contribution in [3.05, 3.63) is 29.1 Å². The first-order chi connectivity index (χ1) is 6.50. The number of aryl methyl sites for hydroxylation is 2. The number of hydrogen-bond acceptors (Lipinski definition) is 1. The van der Waals surface area contributed by atoms with Crippen molar-refractivity contribution in [2.45, 2.75) is 46.5 Å². The Morgan fingerprint density at radius 1 is 1.36 bits per heavy atom. The summed E-state index contributed by atoms with van der Waals surface area (Å²) in [5.41, 5.74) is 4.66. The zero-order valence-electron chi connectivity index (χ0n) is 9.59. The molecule has 1 aliphatic rings. The maximum Gasteiger partial charge on any atom is 0.0441 e. The molecule has 0 saturated carbocycles. The van der Waals surface area contributed by atoms with Crippen LogP contribution >= 0.6 is 0 Å². The monoisotopic (exact) mass is 189 g/mol. The van der Waals surface area contributed by atoms with Crippen molar-refractivity contribution in [1.82, 2.24) is 4.98 Å². The summed E-state index contributed by atoms with van der Waals surface area (Å²) in [6, 6.07) is 2.14. The van der Waals surface area contributed by atoms with Gasteiger partial charge in [0.1, 0.15) is 0 Å². The summed E-state index contributed by atoms with van der Waals surface area (Å²) in [4.78, 5) is 4.48. The quantitative estimate of drug-likeness (QED) is 0.609. The molecule has 1 heteroatoms. The number of aromatic nitrogens is 1. The van der Waals surface area contributed by atoms with Crippen molar-refractivity contribution in [2.24, 2.45) is 5.41 Å². The third-order valence-corrected chi connectivity index (χ3v) is 3.35. The molecular weight excluding hydrogens is 170 g/mol. The van der Waals surface area contributed by atoms with Gasteiger partial charge in [-0.05, 0) is 48.3 Å². The lowest BCUT2D eigenvalue weighted by Gasteiger charge is -2.28. The van der Waals surface area contributed by atoms with E-state index in [0.29, 0.717) is 11.3 Å². The first kappa shape index (κ1) is 9.70. The van der Waals surface area contributed by atoms with Gasteiger partial charge in [0.05, 0.1) is 0 Å². The van der Waals surface area contributed by atoms with Crippen molar-refractivity contribution >= 4 is 0 Å². The predicted molar refractivity (Wildman–Crippen MR) is 59.5 cm³/mol. The normalized spacial score (nSPS) is 21.0. The molecule has 2 rings (SSSR count). The average Bonchev–Trinajstić information content (AvgIpc) is 2.47. The van der Waals surface area contributed by atoms with Crippen molar-refractivity contribution < 1.29 is 0 Å². The van der Waals surface area contributed by atoms with Gasteiger partial charge >= 0.3 is 0 Å². The number of rotatable bonds is 0. The van der Waals surface area contributed by atoms with E-state index in [1.165, 1.54) is 29.7 Å². The molecule has 0 spiro atoms. The Balaban J connectivity index is 2.48. The summed E-state index contributed by atoms with van der Waals surface area (Å²) in [6.45, 7) is 9.21. The summed E-state index contributed by atoms with van der Waals surface area (Å²) in [5.74, 6) is 0.700. The summed E-state index contributed by atoms with van der Waals surface area (Å²) in [6.07, 6.45) is 4.38. The fourth-order valence-electron chi connectivity index (χ4n) is 2.59. The van der Waals surface area contributed by atoms with Crippen LogP contribution in [0.25, 0.3) is 0 Å². The van der Waals surface area contributed by atoms with Gasteiger partial charge in [-0.3, -0.25) is 4.98 Å². The van der Waals surface area contributed by atoms with E-state index in [4.69, 9.17) is 0 Å². The summed E-state index contributed by atoms with van der Waals surface area (Å²) < 4.78 is 0. The minimum atomic E-state index is 0.374. The van der Waals surface area contributed by atoms with E-state index < -0.39 is 0 Å². The Morgan fingerprint density at radius 3 is 2.71 bits per heavy atom. The number of hydrogen-bond donors (Lipinski definition) is 0. The lowest BCUT2D eigenvalue weighted by Crippen LogP contribution is -2.16. The zero-order valence-corrected chi connectivity index (χ0v) is 9.59. The van der Waals surface area contributed by atoms with Crippen LogP contribution in [-0.2, 0) is 6.42 Å². The van der Waals surface area contributed by atoms with Gasteiger partial charge in [0.2, 0.25) is 0 Å². The molecule has 0 saturated heterocycles. The van der Waals surface area contributed by atoms with Crippen molar-refractivity contribution in [3.8, 4) is 0 Å². The Morgan fingerprint density at radius 2 is 2.07 bits per heavy atom. The van der Waals surface area contributed by atoms with Gasteiger partial charge in [-0.15, -0.1) is 0 Å². The predicted octanol–water partition coefficient (Wildman–Crippen LogP) is 3.47. The fraction of sp³-hybridized carbons (Fsp3) is 0.615. The largest absolute Gasteiger partial charge is 0.261 e. The van der Waals surface area contributed by atoms with Crippen LogP contribution in [-0.4, -0.2) is 4.98 Å². The lowest BCUT2D eigenvalue weighted by molar-refractivity contribution is 0.318. The molecule has 1 aromatic rings. The van der Waals surface area contributed by atoms with Crippen LogP contribution in [0.1, 0.15) is 49.9 Å². The zero-order chi connectivity index (χ0) is 10.3. The molecule has 76 valence electrons. The number of fused-ring (bicyclic) bond motifs is 1. The second kappa shape index (κ2) is 3.08. The first-order valence-corrected chi connectivity index (χ1v) is 5.44. The SMILES string of the molecule is Cc1ccnc2c1C(C(C)(C)C)CC2. The highest BCUT2D eigenvalue weighted by atomic mass is 14.7. The summed E-state index contributed by atoms with van der Waals surface area (Å²) >= 11 is 0. The first-order valence-electron chi connectivity index (χ1n) is 5.44. The topological polar surface area (TPSA) is 12.9 Å². The molecular formula is C13H19N. The molecule has 1 aliphatic carbocycles. The van der Waals surface area contributed by atoms with Crippen molar-refractivity contribution in [2.75, 3.05) is 0 Å². The second-order valence-corrected chi connectivity index (χ2v) is 5.45. The standard InChI is InChI=1S/C13H19N/c1-9-7-8-14-11-6-5-10(12(9)11)13(2,3)4/h7-8,10H,5-6H2,1-4H3. The van der Waals surface area contributed by atoms with E-state index in [0.717, 1.165) is 0 Å². The van der Waals surface area contributed by atoms with E-state index in [1.54, 1.807) is 0 Å². The Hall–Kier alpha value is -0.850. The van der Waals surface area contributed by atoms with E-state index in [-0.39, 0.29) is 0 Å². The molecule has 14 heavy (non-hydrogen) atoms. The summed E-state index contributed by atoms with van der Waals surface area (Å²) in [5, 5.41) is 0. The van der Waals surface area contributed by atoms with Gasteiger partial charge in [-0.1, -0.05) is 20.8 Å². The maximum atomic E-state index is 4.48. The van der Waals surface area contributed by atoms with E-state index >= 15 is 0 Å². The fourth-order valence-corrected chi connectivity index (χ4v) is 2.59. The number of nitrogens with zero attached hydrogens (tertiary/aromatic N) is 1. The van der Waals surface area contributed by atoms with Gasteiger partial charge in [0, 0.05) is 11.9 Å². The van der Waals surface area contributed by atoms with Gasteiger partial charge in [-0.2, -0.15) is 0 Å². The molecule has 0 amide bonds. The lowest BCUT2D eigenvalue weighted by atomic mass is 9.76. The molecule has 1 aromatic heterocycles. The minimum Gasteiger partial charge on any atom is -0.261 e. The third-order valence-electron chi connectivity index (χ3n) is 3.35. The number of pyridine rings is 1. The Labute approximate surface area is 86.6 Å². The van der Waals surface area contributed by atoms with Crippen molar-refractivity contribution in [3.63, 3.8) is 0 Å². The van der Waals surface area contributed by atoms with Crippen LogP contribution in [0.3, 0.4) is 0 Å². The molecule has 0 bridgehead atoms. The molecule has 0 radical (unpaired) electrons. The van der Waals surface area contributed by atoms with E-state index in [2.05, 4.69) is 38.7 Å². The highest BCUT2D eigenvalue weighted by Crippen LogP contribution is 2.45. The molecule has 1 atom stereocenters. The minimum absolute atomic E-state index is 0.374. The van der Waals surface area contributed by atoms with E-state index in [1.807, 2.05) is 6.20 Å². The van der Waals surface area contributed by atoms with Crippen LogP contribution in [0, 0.1) is 12.3 Å². The van der Waals surface area contributed by atoms with Crippen LogP contribution in [0.2, 0.25) is 0 Å². The van der Waals surface area contributed by atoms with E-state index in [9.17, 15) is 0 Å². The molecule has 1 unspecified atom stereocenters. The van der Waals surface area contributed by atoms with Crippen molar-refractivity contribution in [1.29, 1.82) is 0 Å². The highest BCUT2D eigenvalue weighted by molar-refractivity contribution is 5.37.